The van der Waals surface area contributed by atoms with E-state index in [0.717, 1.165) is 6.42 Å². The van der Waals surface area contributed by atoms with E-state index in [1.54, 1.807) is 0 Å². The van der Waals surface area contributed by atoms with Crippen LogP contribution in [0.5, 0.6) is 0 Å². The van der Waals surface area contributed by atoms with E-state index in [-0.39, 0.29) is 18.9 Å². The number of carboxylic acids is 1. The molecule has 2 amide bonds. The lowest BCUT2D eigenvalue weighted by molar-refractivity contribution is -0.142. The molecule has 0 aromatic carbocycles. The number of unbranched alkanes of at least 4 members (excludes halogenated alkanes) is 1. The third-order valence-corrected chi connectivity index (χ3v) is 3.84. The number of amides is 2. The van der Waals surface area contributed by atoms with E-state index in [1.807, 2.05) is 6.26 Å². The van der Waals surface area contributed by atoms with Gasteiger partial charge in [-0.15, -0.1) is 0 Å². The Morgan fingerprint density at radius 2 is 1.74 bits per heavy atom. The van der Waals surface area contributed by atoms with Gasteiger partial charge in [-0.05, 0) is 44.2 Å². The zero-order valence-corrected chi connectivity index (χ0v) is 14.4. The summed E-state index contributed by atoms with van der Waals surface area (Å²) in [7, 11) is 0. The quantitative estimate of drug-likeness (QED) is 0.276. The standard InChI is InChI=1S/C14H28N4O4S/c1-23-9-6-11(14(21)22)18-13(20)10(4-2-3-7-15)17-12(19)5-8-16/h10-11H,2-9,15-16H2,1H3,(H,17,19)(H,18,20)(H,21,22). The van der Waals surface area contributed by atoms with Crippen LogP contribution in [0.3, 0.4) is 0 Å². The molecule has 7 N–H and O–H groups in total. The first-order valence-electron chi connectivity index (χ1n) is 7.67. The minimum absolute atomic E-state index is 0.121. The fourth-order valence-corrected chi connectivity index (χ4v) is 2.40. The molecule has 23 heavy (non-hydrogen) atoms. The van der Waals surface area contributed by atoms with Crippen LogP contribution >= 0.6 is 11.8 Å². The molecule has 0 aliphatic rings. The molecule has 0 fully saturated rings. The predicted molar refractivity (Wildman–Crippen MR) is 91.1 cm³/mol. The number of rotatable bonds is 13. The van der Waals surface area contributed by atoms with Crippen LogP contribution in [-0.2, 0) is 14.4 Å². The van der Waals surface area contributed by atoms with Crippen LogP contribution in [0.1, 0.15) is 32.1 Å². The zero-order valence-electron chi connectivity index (χ0n) is 13.5. The van der Waals surface area contributed by atoms with Gasteiger partial charge in [-0.1, -0.05) is 0 Å². The molecule has 0 spiro atoms. The number of hydrogen-bond acceptors (Lipinski definition) is 6. The summed E-state index contributed by atoms with van der Waals surface area (Å²) >= 11 is 1.50. The summed E-state index contributed by atoms with van der Waals surface area (Å²) in [6.07, 6.45) is 4.12. The van der Waals surface area contributed by atoms with Gasteiger partial charge in [-0.3, -0.25) is 9.59 Å². The van der Waals surface area contributed by atoms with Gasteiger partial charge in [0.15, 0.2) is 0 Å². The maximum absolute atomic E-state index is 12.3. The van der Waals surface area contributed by atoms with Crippen molar-refractivity contribution in [3.8, 4) is 0 Å². The fraction of sp³-hybridized carbons (Fsp3) is 0.786. The van der Waals surface area contributed by atoms with Crippen molar-refractivity contribution in [2.24, 2.45) is 11.5 Å². The third-order valence-electron chi connectivity index (χ3n) is 3.20. The van der Waals surface area contributed by atoms with Crippen molar-refractivity contribution in [3.05, 3.63) is 0 Å². The monoisotopic (exact) mass is 348 g/mol. The largest absolute Gasteiger partial charge is 0.480 e. The zero-order chi connectivity index (χ0) is 17.7. The number of aliphatic carboxylic acids is 1. The van der Waals surface area contributed by atoms with Crippen LogP contribution in [0.25, 0.3) is 0 Å². The van der Waals surface area contributed by atoms with Gasteiger partial charge in [0.1, 0.15) is 12.1 Å². The van der Waals surface area contributed by atoms with Gasteiger partial charge in [0.05, 0.1) is 0 Å². The van der Waals surface area contributed by atoms with Crippen molar-refractivity contribution < 1.29 is 19.5 Å². The minimum atomic E-state index is -1.08. The van der Waals surface area contributed by atoms with Crippen LogP contribution < -0.4 is 22.1 Å². The molecule has 0 radical (unpaired) electrons. The van der Waals surface area contributed by atoms with Crippen molar-refractivity contribution in [1.29, 1.82) is 0 Å². The number of hydrogen-bond donors (Lipinski definition) is 5. The lowest BCUT2D eigenvalue weighted by Gasteiger charge is -2.21. The molecule has 2 unspecified atom stereocenters. The highest BCUT2D eigenvalue weighted by Gasteiger charge is 2.25. The first kappa shape index (κ1) is 21.7. The Balaban J connectivity index is 4.72. The van der Waals surface area contributed by atoms with E-state index in [0.29, 0.717) is 31.6 Å². The lowest BCUT2D eigenvalue weighted by atomic mass is 10.1. The molecule has 0 rings (SSSR count). The summed E-state index contributed by atoms with van der Waals surface area (Å²) in [6.45, 7) is 0.686. The van der Waals surface area contributed by atoms with E-state index in [9.17, 15) is 14.4 Å². The second-order valence-electron chi connectivity index (χ2n) is 5.12. The highest BCUT2D eigenvalue weighted by molar-refractivity contribution is 7.98. The average molecular weight is 348 g/mol. The van der Waals surface area contributed by atoms with E-state index < -0.39 is 24.0 Å². The van der Waals surface area contributed by atoms with Crippen LogP contribution in [0.15, 0.2) is 0 Å². The van der Waals surface area contributed by atoms with Crippen LogP contribution in [0, 0.1) is 0 Å². The normalized spacial score (nSPS) is 13.2. The third kappa shape index (κ3) is 10.1. The first-order chi connectivity index (χ1) is 11.0. The Bertz CT molecular complexity index is 382. The Hall–Kier alpha value is -1.32. The Morgan fingerprint density at radius 1 is 1.04 bits per heavy atom. The van der Waals surface area contributed by atoms with Crippen LogP contribution in [-0.4, -0.2) is 60.1 Å². The smallest absolute Gasteiger partial charge is 0.326 e. The number of carbonyl (C=O) groups excluding carboxylic acids is 2. The summed E-state index contributed by atoms with van der Waals surface area (Å²) in [5, 5.41) is 14.3. The van der Waals surface area contributed by atoms with Crippen LogP contribution in [0.2, 0.25) is 0 Å². The maximum atomic E-state index is 12.3. The molecule has 2 atom stereocenters. The number of nitrogens with two attached hydrogens (primary N) is 2. The Morgan fingerprint density at radius 3 is 2.26 bits per heavy atom. The van der Waals surface area contributed by atoms with Gasteiger partial charge >= 0.3 is 5.97 Å². The molecule has 0 aliphatic carbocycles. The molecule has 0 saturated carbocycles. The van der Waals surface area contributed by atoms with Crippen molar-refractivity contribution in [3.63, 3.8) is 0 Å². The molecule has 0 heterocycles. The average Bonchev–Trinajstić information content (AvgIpc) is 2.50. The number of nitrogens with one attached hydrogen (secondary N) is 2. The lowest BCUT2D eigenvalue weighted by Crippen LogP contribution is -2.52. The van der Waals surface area contributed by atoms with Gasteiger partial charge in [-0.2, -0.15) is 11.8 Å². The van der Waals surface area contributed by atoms with Gasteiger partial charge in [0, 0.05) is 13.0 Å². The molecule has 0 aromatic heterocycles. The van der Waals surface area contributed by atoms with Gasteiger partial charge < -0.3 is 27.2 Å². The second kappa shape index (κ2) is 13.1. The summed E-state index contributed by atoms with van der Waals surface area (Å²) in [4.78, 5) is 35.2. The molecule has 8 nitrogen and oxygen atoms in total. The van der Waals surface area contributed by atoms with Crippen molar-refractivity contribution in [1.82, 2.24) is 10.6 Å². The first-order valence-corrected chi connectivity index (χ1v) is 9.07. The predicted octanol–water partition coefficient (Wildman–Crippen LogP) is -0.728. The van der Waals surface area contributed by atoms with Crippen molar-refractivity contribution >= 4 is 29.5 Å². The number of carbonyl (C=O) groups is 3. The maximum Gasteiger partial charge on any atom is 0.326 e. The molecule has 0 aliphatic heterocycles. The van der Waals surface area contributed by atoms with Gasteiger partial charge in [-0.25, -0.2) is 4.79 Å². The number of carboxylic acid groups (broad SMARTS) is 1. The summed E-state index contributed by atoms with van der Waals surface area (Å²) in [5.41, 5.74) is 10.8. The van der Waals surface area contributed by atoms with Gasteiger partial charge in [0.2, 0.25) is 11.8 Å². The molecule has 0 aromatic rings. The topological polar surface area (TPSA) is 148 Å². The van der Waals surface area contributed by atoms with E-state index in [4.69, 9.17) is 16.6 Å². The van der Waals surface area contributed by atoms with E-state index >= 15 is 0 Å². The molecule has 9 heteroatoms. The number of thioether (sulfide) groups is 1. The molecule has 134 valence electrons. The van der Waals surface area contributed by atoms with E-state index in [2.05, 4.69) is 10.6 Å². The van der Waals surface area contributed by atoms with Crippen LogP contribution in [0.4, 0.5) is 0 Å². The molecular formula is C14H28N4O4S. The molecular weight excluding hydrogens is 320 g/mol. The minimum Gasteiger partial charge on any atom is -0.480 e. The van der Waals surface area contributed by atoms with Crippen molar-refractivity contribution in [2.75, 3.05) is 25.1 Å². The summed E-state index contributed by atoms with van der Waals surface area (Å²) in [6, 6.07) is -1.73. The highest BCUT2D eigenvalue weighted by atomic mass is 32.2. The fourth-order valence-electron chi connectivity index (χ4n) is 1.92. The molecule has 0 bridgehead atoms. The van der Waals surface area contributed by atoms with E-state index in [1.165, 1.54) is 11.8 Å². The molecule has 0 saturated heterocycles. The SMILES string of the molecule is CSCCC(NC(=O)C(CCCCN)NC(=O)CCN)C(=O)O. The summed E-state index contributed by atoms with van der Waals surface area (Å²) in [5.74, 6) is -1.27. The Labute approximate surface area is 141 Å². The van der Waals surface area contributed by atoms with Gasteiger partial charge in [0.25, 0.3) is 0 Å². The highest BCUT2D eigenvalue weighted by Crippen LogP contribution is 2.05. The van der Waals surface area contributed by atoms with Crippen molar-refractivity contribution in [2.45, 2.75) is 44.2 Å². The second-order valence-corrected chi connectivity index (χ2v) is 6.11. The Kier molecular flexibility index (Phi) is 12.4. The summed E-state index contributed by atoms with van der Waals surface area (Å²) < 4.78 is 0.